The number of amides is 1. The number of methoxy groups -OCH3 is 2. The zero-order valence-corrected chi connectivity index (χ0v) is 18.4. The van der Waals surface area contributed by atoms with Gasteiger partial charge in [-0.1, -0.05) is 48.5 Å². The molecule has 168 valence electrons. The number of hydrogen-bond donors (Lipinski definition) is 2. The molecule has 4 rings (SSSR count). The first-order chi connectivity index (χ1) is 16.1. The fourth-order valence-electron chi connectivity index (χ4n) is 3.56. The summed E-state index contributed by atoms with van der Waals surface area (Å²) in [6, 6.07) is 24.3. The van der Waals surface area contributed by atoms with Crippen molar-refractivity contribution in [3.8, 4) is 28.4 Å². The molecule has 2 N–H and O–H groups in total. The third-order valence-electron chi connectivity index (χ3n) is 5.28. The first-order valence-corrected chi connectivity index (χ1v) is 10.5. The number of hydrogen-bond acceptors (Lipinski definition) is 5. The fraction of sp³-hybridized carbons (Fsp3) is 0.154. The van der Waals surface area contributed by atoms with E-state index in [1.165, 1.54) is 7.11 Å². The second-order valence-electron chi connectivity index (χ2n) is 7.37. The zero-order valence-electron chi connectivity index (χ0n) is 18.4. The number of nitrogens with one attached hydrogen (secondary N) is 1. The fourth-order valence-corrected chi connectivity index (χ4v) is 3.56. The maximum Gasteiger partial charge on any atom is 0.255 e. The Balaban J connectivity index is 1.60. The number of benzene rings is 3. The van der Waals surface area contributed by atoms with Crippen LogP contribution in [0.4, 0.5) is 0 Å². The van der Waals surface area contributed by atoms with Crippen LogP contribution >= 0.6 is 0 Å². The van der Waals surface area contributed by atoms with Crippen molar-refractivity contribution in [2.24, 2.45) is 0 Å². The van der Waals surface area contributed by atoms with Crippen LogP contribution in [0.2, 0.25) is 0 Å². The first-order valence-electron chi connectivity index (χ1n) is 10.5. The van der Waals surface area contributed by atoms with E-state index in [2.05, 4.69) is 10.4 Å². The van der Waals surface area contributed by atoms with Gasteiger partial charge in [-0.15, -0.1) is 0 Å². The molecular weight excluding hydrogens is 418 g/mol. The number of ether oxygens (including phenoxy) is 2. The van der Waals surface area contributed by atoms with Crippen LogP contribution in [0.25, 0.3) is 16.9 Å². The van der Waals surface area contributed by atoms with Crippen LogP contribution in [0.15, 0.2) is 85.1 Å². The van der Waals surface area contributed by atoms with Crippen LogP contribution < -0.4 is 14.8 Å². The maximum absolute atomic E-state index is 13.2. The van der Waals surface area contributed by atoms with Crippen molar-refractivity contribution in [2.45, 2.75) is 6.10 Å². The minimum atomic E-state index is -0.983. The number of aliphatic hydroxyl groups excluding tert-OH is 1. The monoisotopic (exact) mass is 443 g/mol. The number of aliphatic hydroxyl groups is 1. The SMILES string of the molecule is COc1ccc(OC)c(C(O)CNC(=O)c2cn(-c3ccccc3)nc2-c2ccccc2)c1. The lowest BCUT2D eigenvalue weighted by Crippen LogP contribution is -2.28. The summed E-state index contributed by atoms with van der Waals surface area (Å²) in [4.78, 5) is 13.2. The van der Waals surface area contributed by atoms with E-state index >= 15 is 0 Å². The molecule has 0 aliphatic heterocycles. The Kier molecular flexibility index (Phi) is 6.71. The minimum Gasteiger partial charge on any atom is -0.497 e. The highest BCUT2D eigenvalue weighted by Crippen LogP contribution is 2.29. The van der Waals surface area contributed by atoms with Crippen molar-refractivity contribution < 1.29 is 19.4 Å². The first kappa shape index (κ1) is 22.1. The smallest absolute Gasteiger partial charge is 0.255 e. The van der Waals surface area contributed by atoms with E-state index in [0.717, 1.165) is 11.3 Å². The second kappa shape index (κ2) is 10.0. The van der Waals surface area contributed by atoms with Crippen LogP contribution in [0.3, 0.4) is 0 Å². The van der Waals surface area contributed by atoms with E-state index in [9.17, 15) is 9.90 Å². The lowest BCUT2D eigenvalue weighted by atomic mass is 10.1. The molecule has 3 aromatic carbocycles. The van der Waals surface area contributed by atoms with Crippen molar-refractivity contribution in [1.29, 1.82) is 0 Å². The molecule has 0 saturated carbocycles. The number of para-hydroxylation sites is 1. The topological polar surface area (TPSA) is 85.6 Å². The van der Waals surface area contributed by atoms with Gasteiger partial charge in [-0.25, -0.2) is 4.68 Å². The number of carbonyl (C=O) groups excluding carboxylic acids is 1. The lowest BCUT2D eigenvalue weighted by Gasteiger charge is -2.16. The van der Waals surface area contributed by atoms with Gasteiger partial charge in [0.1, 0.15) is 23.3 Å². The molecule has 0 aliphatic carbocycles. The summed E-state index contributed by atoms with van der Waals surface area (Å²) in [6.07, 6.45) is 0.717. The molecule has 0 aliphatic rings. The Labute approximate surface area is 192 Å². The van der Waals surface area contributed by atoms with Gasteiger partial charge in [0.2, 0.25) is 0 Å². The molecule has 0 bridgehead atoms. The average molecular weight is 444 g/mol. The van der Waals surface area contributed by atoms with E-state index in [1.807, 2.05) is 60.7 Å². The highest BCUT2D eigenvalue weighted by molar-refractivity contribution is 6.00. The van der Waals surface area contributed by atoms with Crippen molar-refractivity contribution in [3.05, 3.63) is 96.2 Å². The maximum atomic E-state index is 13.2. The number of carbonyl (C=O) groups is 1. The summed E-state index contributed by atoms with van der Waals surface area (Å²) >= 11 is 0. The molecular formula is C26H25N3O4. The standard InChI is InChI=1S/C26H25N3O4/c1-32-20-13-14-24(33-2)21(15-20)23(30)16-27-26(31)22-17-29(19-11-7-4-8-12-19)28-25(22)18-9-5-3-6-10-18/h3-15,17,23,30H,16H2,1-2H3,(H,27,31). The third kappa shape index (κ3) is 4.88. The molecule has 1 aromatic heterocycles. The van der Waals surface area contributed by atoms with Gasteiger partial charge in [0.05, 0.1) is 25.5 Å². The van der Waals surface area contributed by atoms with Gasteiger partial charge < -0.3 is 19.9 Å². The quantitative estimate of drug-likeness (QED) is 0.430. The number of rotatable bonds is 8. The molecule has 1 unspecified atom stereocenters. The average Bonchev–Trinajstić information content (AvgIpc) is 3.33. The van der Waals surface area contributed by atoms with Gasteiger partial charge in [0.15, 0.2) is 0 Å². The van der Waals surface area contributed by atoms with Crippen LogP contribution in [0.5, 0.6) is 11.5 Å². The van der Waals surface area contributed by atoms with E-state index in [4.69, 9.17) is 9.47 Å². The van der Waals surface area contributed by atoms with Gasteiger partial charge in [0.25, 0.3) is 5.91 Å². The molecule has 1 heterocycles. The zero-order chi connectivity index (χ0) is 23.2. The van der Waals surface area contributed by atoms with E-state index in [-0.39, 0.29) is 12.5 Å². The summed E-state index contributed by atoms with van der Waals surface area (Å²) in [5.74, 6) is 0.767. The number of nitrogens with zero attached hydrogens (tertiary/aromatic N) is 2. The number of aromatic nitrogens is 2. The summed E-state index contributed by atoms with van der Waals surface area (Å²) in [6.45, 7) is -0.00684. The molecule has 0 spiro atoms. The molecule has 7 heteroatoms. The Morgan fingerprint density at radius 3 is 2.36 bits per heavy atom. The second-order valence-corrected chi connectivity index (χ2v) is 7.37. The van der Waals surface area contributed by atoms with Crippen LogP contribution in [0, 0.1) is 0 Å². The van der Waals surface area contributed by atoms with Crippen molar-refractivity contribution in [3.63, 3.8) is 0 Å². The molecule has 0 radical (unpaired) electrons. The predicted molar refractivity (Wildman–Crippen MR) is 126 cm³/mol. The van der Waals surface area contributed by atoms with E-state index in [0.29, 0.717) is 28.3 Å². The Morgan fingerprint density at radius 2 is 1.70 bits per heavy atom. The Morgan fingerprint density at radius 1 is 1.00 bits per heavy atom. The summed E-state index contributed by atoms with van der Waals surface area (Å²) in [5, 5.41) is 18.2. The highest BCUT2D eigenvalue weighted by atomic mass is 16.5. The van der Waals surface area contributed by atoms with Gasteiger partial charge in [-0.05, 0) is 30.3 Å². The Bertz CT molecular complexity index is 1220. The largest absolute Gasteiger partial charge is 0.497 e. The normalized spacial score (nSPS) is 11.6. The van der Waals surface area contributed by atoms with Gasteiger partial charge in [-0.2, -0.15) is 5.10 Å². The van der Waals surface area contributed by atoms with Crippen LogP contribution in [-0.4, -0.2) is 41.6 Å². The molecule has 0 saturated heterocycles. The van der Waals surface area contributed by atoms with E-state index < -0.39 is 6.10 Å². The molecule has 1 amide bonds. The summed E-state index contributed by atoms with van der Waals surface area (Å²) in [7, 11) is 3.08. The summed E-state index contributed by atoms with van der Waals surface area (Å²) < 4.78 is 12.3. The van der Waals surface area contributed by atoms with Gasteiger partial charge in [0, 0.05) is 23.9 Å². The van der Waals surface area contributed by atoms with Crippen LogP contribution in [-0.2, 0) is 0 Å². The van der Waals surface area contributed by atoms with Gasteiger partial charge in [-0.3, -0.25) is 4.79 Å². The third-order valence-corrected chi connectivity index (χ3v) is 5.28. The molecule has 4 aromatic rings. The molecule has 0 fully saturated rings. The lowest BCUT2D eigenvalue weighted by molar-refractivity contribution is 0.0915. The van der Waals surface area contributed by atoms with E-state index in [1.54, 1.807) is 36.2 Å². The molecule has 33 heavy (non-hydrogen) atoms. The highest BCUT2D eigenvalue weighted by Gasteiger charge is 2.21. The van der Waals surface area contributed by atoms with Crippen molar-refractivity contribution >= 4 is 5.91 Å². The summed E-state index contributed by atoms with van der Waals surface area (Å²) in [5.41, 5.74) is 3.17. The van der Waals surface area contributed by atoms with Crippen molar-refractivity contribution in [1.82, 2.24) is 15.1 Å². The minimum absolute atomic E-state index is 0.00684. The molecule has 1 atom stereocenters. The predicted octanol–water partition coefficient (Wildman–Crippen LogP) is 4.02. The van der Waals surface area contributed by atoms with Crippen molar-refractivity contribution in [2.75, 3.05) is 20.8 Å². The van der Waals surface area contributed by atoms with Crippen LogP contribution in [0.1, 0.15) is 22.0 Å². The Hall–Kier alpha value is -4.10. The van der Waals surface area contributed by atoms with Gasteiger partial charge >= 0.3 is 0 Å². The molecule has 7 nitrogen and oxygen atoms in total.